The van der Waals surface area contributed by atoms with Crippen LogP contribution in [0.3, 0.4) is 0 Å². The first-order chi connectivity index (χ1) is 10.5. The summed E-state index contributed by atoms with van der Waals surface area (Å²) in [4.78, 5) is 12.1. The van der Waals surface area contributed by atoms with E-state index in [-0.39, 0.29) is 11.8 Å². The number of rotatable bonds is 7. The molecule has 0 spiro atoms. The van der Waals surface area contributed by atoms with Crippen molar-refractivity contribution in [3.8, 4) is 0 Å². The van der Waals surface area contributed by atoms with Gasteiger partial charge in [-0.15, -0.1) is 0 Å². The number of nitrogens with one attached hydrogen (secondary N) is 1. The van der Waals surface area contributed by atoms with Gasteiger partial charge in [0, 0.05) is 24.6 Å². The van der Waals surface area contributed by atoms with Gasteiger partial charge in [-0.25, -0.2) is 0 Å². The summed E-state index contributed by atoms with van der Waals surface area (Å²) in [7, 11) is 0. The minimum absolute atomic E-state index is 0.0488. The molecule has 1 amide bonds. The molecule has 0 bridgehead atoms. The Morgan fingerprint density at radius 2 is 2.18 bits per heavy atom. The minimum Gasteiger partial charge on any atom is -0.354 e. The van der Waals surface area contributed by atoms with Crippen LogP contribution in [0.4, 0.5) is 0 Å². The van der Waals surface area contributed by atoms with Crippen LogP contribution in [-0.2, 0) is 24.3 Å². The number of aromatic nitrogens is 4. The monoisotopic (exact) mass is 303 g/mol. The van der Waals surface area contributed by atoms with Gasteiger partial charge in [0.2, 0.25) is 5.91 Å². The van der Waals surface area contributed by atoms with Crippen molar-refractivity contribution in [1.82, 2.24) is 24.9 Å². The highest BCUT2D eigenvalue weighted by Gasteiger charge is 2.14. The van der Waals surface area contributed by atoms with Gasteiger partial charge in [0.1, 0.15) is 0 Å². The molecule has 0 aliphatic rings. The molecule has 120 valence electrons. The third kappa shape index (κ3) is 3.75. The maximum Gasteiger partial charge on any atom is 0.224 e. The maximum absolute atomic E-state index is 12.1. The number of carbonyl (C=O) groups is 1. The molecule has 6 nitrogen and oxygen atoms in total. The van der Waals surface area contributed by atoms with E-state index in [0.29, 0.717) is 19.6 Å². The van der Waals surface area contributed by atoms with E-state index in [2.05, 4.69) is 29.4 Å². The molecule has 0 aromatic carbocycles. The molecule has 6 heteroatoms. The molecule has 2 heterocycles. The molecule has 0 saturated heterocycles. The lowest BCUT2D eigenvalue weighted by Crippen LogP contribution is -2.34. The minimum atomic E-state index is -0.105. The molecule has 0 unspecified atom stereocenters. The molecular formula is C16H25N5O. The molecule has 1 atom stereocenters. The highest BCUT2D eigenvalue weighted by molar-refractivity contribution is 5.78. The molecule has 0 saturated carbocycles. The predicted molar refractivity (Wildman–Crippen MR) is 85.5 cm³/mol. The largest absolute Gasteiger partial charge is 0.354 e. The molecule has 1 N–H and O–H groups in total. The maximum atomic E-state index is 12.1. The van der Waals surface area contributed by atoms with E-state index in [1.807, 2.05) is 30.8 Å². The van der Waals surface area contributed by atoms with Crippen LogP contribution in [0, 0.1) is 19.8 Å². The van der Waals surface area contributed by atoms with Crippen LogP contribution in [0.2, 0.25) is 0 Å². The molecule has 0 aliphatic carbocycles. The van der Waals surface area contributed by atoms with Crippen molar-refractivity contribution < 1.29 is 4.79 Å². The third-order valence-electron chi connectivity index (χ3n) is 3.98. The first-order valence-electron chi connectivity index (χ1n) is 7.81. The van der Waals surface area contributed by atoms with Gasteiger partial charge in [-0.1, -0.05) is 13.8 Å². The summed E-state index contributed by atoms with van der Waals surface area (Å²) in [5.41, 5.74) is 3.58. The summed E-state index contributed by atoms with van der Waals surface area (Å²) in [6.07, 6.45) is 4.58. The molecule has 0 fully saturated rings. The Balaban J connectivity index is 1.82. The fraction of sp³-hybridized carbons (Fsp3) is 0.562. The Labute approximate surface area is 131 Å². The Bertz CT molecular complexity index is 615. The highest BCUT2D eigenvalue weighted by Crippen LogP contribution is 2.13. The Morgan fingerprint density at radius 3 is 2.77 bits per heavy atom. The summed E-state index contributed by atoms with van der Waals surface area (Å²) >= 11 is 0. The van der Waals surface area contributed by atoms with Crippen LogP contribution in [0.15, 0.2) is 18.5 Å². The summed E-state index contributed by atoms with van der Waals surface area (Å²) in [5.74, 6) is -0.0562. The van der Waals surface area contributed by atoms with E-state index in [0.717, 1.165) is 12.1 Å². The van der Waals surface area contributed by atoms with Crippen molar-refractivity contribution in [2.45, 2.75) is 47.2 Å². The van der Waals surface area contributed by atoms with Gasteiger partial charge >= 0.3 is 0 Å². The van der Waals surface area contributed by atoms with Crippen molar-refractivity contribution in [2.24, 2.45) is 5.92 Å². The predicted octanol–water partition coefficient (Wildman–Crippen LogP) is 1.71. The quantitative estimate of drug-likeness (QED) is 0.847. The van der Waals surface area contributed by atoms with E-state index in [9.17, 15) is 4.79 Å². The number of nitrogens with zero attached hydrogens (tertiary/aromatic N) is 4. The summed E-state index contributed by atoms with van der Waals surface area (Å²) in [6.45, 7) is 10.1. The van der Waals surface area contributed by atoms with E-state index in [1.165, 1.54) is 11.3 Å². The van der Waals surface area contributed by atoms with E-state index < -0.39 is 0 Å². The smallest absolute Gasteiger partial charge is 0.224 e. The second-order valence-corrected chi connectivity index (χ2v) is 5.65. The topological polar surface area (TPSA) is 64.7 Å². The van der Waals surface area contributed by atoms with E-state index in [1.54, 1.807) is 10.9 Å². The number of hydrogen-bond acceptors (Lipinski definition) is 3. The lowest BCUT2D eigenvalue weighted by molar-refractivity contribution is -0.125. The van der Waals surface area contributed by atoms with Crippen molar-refractivity contribution >= 4 is 5.91 Å². The summed E-state index contributed by atoms with van der Waals surface area (Å²) in [6, 6.07) is 1.86. The summed E-state index contributed by atoms with van der Waals surface area (Å²) in [5, 5.41) is 11.6. The van der Waals surface area contributed by atoms with Crippen LogP contribution < -0.4 is 5.32 Å². The zero-order valence-electron chi connectivity index (χ0n) is 13.8. The SMILES string of the molecule is CCc1c(C)nn(CCNC(=O)[C@@H](C)Cn2cccn2)c1C. The molecular weight excluding hydrogens is 278 g/mol. The van der Waals surface area contributed by atoms with Crippen molar-refractivity contribution in [3.63, 3.8) is 0 Å². The van der Waals surface area contributed by atoms with Crippen LogP contribution in [0.25, 0.3) is 0 Å². The lowest BCUT2D eigenvalue weighted by Gasteiger charge is -2.13. The van der Waals surface area contributed by atoms with E-state index in [4.69, 9.17) is 0 Å². The van der Waals surface area contributed by atoms with Crippen molar-refractivity contribution in [3.05, 3.63) is 35.4 Å². The average Bonchev–Trinajstić information content (AvgIpc) is 3.07. The van der Waals surface area contributed by atoms with Gasteiger partial charge in [-0.05, 0) is 31.9 Å². The van der Waals surface area contributed by atoms with Crippen molar-refractivity contribution in [2.75, 3.05) is 6.54 Å². The zero-order valence-corrected chi connectivity index (χ0v) is 13.8. The first-order valence-corrected chi connectivity index (χ1v) is 7.81. The zero-order chi connectivity index (χ0) is 16.1. The molecule has 0 radical (unpaired) electrons. The van der Waals surface area contributed by atoms with Gasteiger partial charge in [-0.2, -0.15) is 10.2 Å². The number of hydrogen-bond donors (Lipinski definition) is 1. The van der Waals surface area contributed by atoms with Gasteiger partial charge in [0.05, 0.1) is 24.7 Å². The van der Waals surface area contributed by atoms with Gasteiger partial charge in [0.25, 0.3) is 0 Å². The molecule has 2 rings (SSSR count). The Kier molecular flexibility index (Phi) is 5.35. The van der Waals surface area contributed by atoms with Gasteiger partial charge < -0.3 is 5.32 Å². The number of amides is 1. The second kappa shape index (κ2) is 7.24. The molecule has 2 aromatic heterocycles. The highest BCUT2D eigenvalue weighted by atomic mass is 16.1. The number of carbonyl (C=O) groups excluding carboxylic acids is 1. The fourth-order valence-electron chi connectivity index (χ4n) is 2.69. The molecule has 0 aliphatic heterocycles. The van der Waals surface area contributed by atoms with Crippen molar-refractivity contribution in [1.29, 1.82) is 0 Å². The standard InChI is InChI=1S/C16H25N5O/c1-5-15-13(3)19-21(14(15)4)10-8-17-16(22)12(2)11-20-9-6-7-18-20/h6-7,9,12H,5,8,10-11H2,1-4H3,(H,17,22)/t12-/m0/s1. The van der Waals surface area contributed by atoms with Crippen LogP contribution in [-0.4, -0.2) is 32.0 Å². The second-order valence-electron chi connectivity index (χ2n) is 5.65. The van der Waals surface area contributed by atoms with E-state index >= 15 is 0 Å². The van der Waals surface area contributed by atoms with Crippen LogP contribution in [0.1, 0.15) is 30.8 Å². The average molecular weight is 303 g/mol. The van der Waals surface area contributed by atoms with Gasteiger partial charge in [-0.3, -0.25) is 14.2 Å². The first kappa shape index (κ1) is 16.3. The van der Waals surface area contributed by atoms with Crippen LogP contribution >= 0.6 is 0 Å². The normalized spacial score (nSPS) is 12.4. The number of aryl methyl sites for hydroxylation is 1. The Morgan fingerprint density at radius 1 is 1.41 bits per heavy atom. The lowest BCUT2D eigenvalue weighted by atomic mass is 10.1. The Hall–Kier alpha value is -2.11. The molecule has 2 aromatic rings. The van der Waals surface area contributed by atoms with Gasteiger partial charge in [0.15, 0.2) is 0 Å². The molecule has 22 heavy (non-hydrogen) atoms. The summed E-state index contributed by atoms with van der Waals surface area (Å²) < 4.78 is 3.76. The van der Waals surface area contributed by atoms with Crippen LogP contribution in [0.5, 0.6) is 0 Å². The fourth-order valence-corrected chi connectivity index (χ4v) is 2.69. The third-order valence-corrected chi connectivity index (χ3v) is 3.98.